The van der Waals surface area contributed by atoms with Crippen molar-refractivity contribution >= 4 is 0 Å². The normalized spacial score (nSPS) is 12.7. The average molecular weight is 420 g/mol. The summed E-state index contributed by atoms with van der Waals surface area (Å²) in [6, 6.07) is 0.627. The first-order valence-electron chi connectivity index (χ1n) is 13.7. The lowest BCUT2D eigenvalue weighted by molar-refractivity contribution is -0.727. The number of unbranched alkanes of at least 4 members (excludes halogenated alkanes) is 14. The molecule has 0 fully saturated rings. The molecule has 0 spiro atoms. The van der Waals surface area contributed by atoms with Crippen LogP contribution in [0, 0.1) is 0 Å². The number of nitrogens with zero attached hydrogens (tertiary/aromatic N) is 2. The van der Waals surface area contributed by atoms with Crippen LogP contribution in [-0.4, -0.2) is 4.57 Å². The molecule has 0 bridgehead atoms. The molecule has 0 N–H and O–H groups in total. The fourth-order valence-electron chi connectivity index (χ4n) is 4.84. The summed E-state index contributed by atoms with van der Waals surface area (Å²) < 4.78 is 5.01. The largest absolute Gasteiger partial charge is 0.259 e. The van der Waals surface area contributed by atoms with Gasteiger partial charge in [-0.25, -0.2) is 9.13 Å². The Bertz CT molecular complexity index is 503. The molecule has 2 nitrogen and oxygen atoms in total. The third-order valence-electron chi connectivity index (χ3n) is 6.65. The van der Waals surface area contributed by atoms with Crippen LogP contribution in [0.5, 0.6) is 0 Å². The van der Waals surface area contributed by atoms with Crippen LogP contribution < -0.4 is 4.57 Å². The van der Waals surface area contributed by atoms with Gasteiger partial charge in [-0.15, -0.1) is 0 Å². The van der Waals surface area contributed by atoms with Crippen molar-refractivity contribution in [3.8, 4) is 0 Å². The zero-order chi connectivity index (χ0) is 22.0. The van der Waals surface area contributed by atoms with Crippen LogP contribution in [0.1, 0.15) is 162 Å². The maximum atomic E-state index is 2.55. The van der Waals surface area contributed by atoms with Gasteiger partial charge in [0.15, 0.2) is 0 Å². The molecule has 0 aliphatic heterocycles. The van der Waals surface area contributed by atoms with Crippen LogP contribution >= 0.6 is 0 Å². The summed E-state index contributed by atoms with van der Waals surface area (Å²) in [6.07, 6.45) is 28.8. The Balaban J connectivity index is 2.02. The molecular weight excluding hydrogens is 364 g/mol. The van der Waals surface area contributed by atoms with Crippen molar-refractivity contribution in [1.29, 1.82) is 0 Å². The third-order valence-corrected chi connectivity index (χ3v) is 6.65. The molecule has 1 unspecified atom stereocenters. The van der Waals surface area contributed by atoms with Crippen LogP contribution in [0.15, 0.2) is 12.4 Å². The van der Waals surface area contributed by atoms with Crippen LogP contribution in [0.25, 0.3) is 0 Å². The van der Waals surface area contributed by atoms with Crippen LogP contribution in [0.4, 0.5) is 0 Å². The van der Waals surface area contributed by atoms with Crippen molar-refractivity contribution in [3.05, 3.63) is 18.2 Å². The van der Waals surface area contributed by atoms with E-state index in [0.29, 0.717) is 12.0 Å². The highest BCUT2D eigenvalue weighted by molar-refractivity contribution is 4.90. The molecule has 1 rings (SSSR count). The minimum atomic E-state index is 0.593. The molecule has 176 valence electrons. The quantitative estimate of drug-likeness (QED) is 0.147. The van der Waals surface area contributed by atoms with E-state index >= 15 is 0 Å². The zero-order valence-electron chi connectivity index (χ0n) is 21.4. The number of rotatable bonds is 20. The molecule has 0 saturated heterocycles. The first kappa shape index (κ1) is 27.2. The van der Waals surface area contributed by atoms with Gasteiger partial charge >= 0.3 is 0 Å². The Hall–Kier alpha value is -0.790. The molecular formula is C28H55N2+. The number of hydrogen-bond donors (Lipinski definition) is 0. The second-order valence-electron chi connectivity index (χ2n) is 10.00. The average Bonchev–Trinajstić information content (AvgIpc) is 3.15. The summed E-state index contributed by atoms with van der Waals surface area (Å²) in [5.41, 5.74) is 0. The molecule has 2 heteroatoms. The Labute approximate surface area is 189 Å². The number of aromatic nitrogens is 2. The minimum absolute atomic E-state index is 0.593. The van der Waals surface area contributed by atoms with Gasteiger partial charge in [-0.2, -0.15) is 0 Å². The van der Waals surface area contributed by atoms with E-state index in [4.69, 9.17) is 0 Å². The Kier molecular flexibility index (Phi) is 16.2. The first-order chi connectivity index (χ1) is 14.6. The van der Waals surface area contributed by atoms with Crippen molar-refractivity contribution < 1.29 is 4.57 Å². The van der Waals surface area contributed by atoms with Gasteiger partial charge in [0, 0.05) is 0 Å². The van der Waals surface area contributed by atoms with E-state index in [0.717, 1.165) is 6.54 Å². The molecule has 1 aromatic rings. The summed E-state index contributed by atoms with van der Waals surface area (Å²) in [7, 11) is 0. The number of aryl methyl sites for hydroxylation is 1. The molecule has 30 heavy (non-hydrogen) atoms. The van der Waals surface area contributed by atoms with E-state index in [1.807, 2.05) is 0 Å². The van der Waals surface area contributed by atoms with E-state index in [-0.39, 0.29) is 0 Å². The fourth-order valence-corrected chi connectivity index (χ4v) is 4.84. The smallest absolute Gasteiger partial charge is 0.234 e. The maximum Gasteiger partial charge on any atom is 0.259 e. The molecule has 0 amide bonds. The van der Waals surface area contributed by atoms with Gasteiger partial charge in [0.05, 0.1) is 18.5 Å². The summed E-state index contributed by atoms with van der Waals surface area (Å²) >= 11 is 0. The molecule has 0 aromatic carbocycles. The summed E-state index contributed by atoms with van der Waals surface area (Å²) in [5.74, 6) is 2.10. The van der Waals surface area contributed by atoms with Gasteiger partial charge in [-0.1, -0.05) is 118 Å². The minimum Gasteiger partial charge on any atom is -0.234 e. The zero-order valence-corrected chi connectivity index (χ0v) is 21.4. The summed E-state index contributed by atoms with van der Waals surface area (Å²) in [5, 5.41) is 0. The van der Waals surface area contributed by atoms with Crippen molar-refractivity contribution in [2.75, 3.05) is 0 Å². The lowest BCUT2D eigenvalue weighted by Gasteiger charge is -2.13. The molecule has 1 aromatic heterocycles. The van der Waals surface area contributed by atoms with Gasteiger partial charge in [-0.05, 0) is 26.2 Å². The van der Waals surface area contributed by atoms with E-state index in [1.54, 1.807) is 0 Å². The summed E-state index contributed by atoms with van der Waals surface area (Å²) in [6.45, 7) is 12.8. The third kappa shape index (κ3) is 11.6. The van der Waals surface area contributed by atoms with Crippen LogP contribution in [-0.2, 0) is 6.54 Å². The highest BCUT2D eigenvalue weighted by Gasteiger charge is 2.23. The van der Waals surface area contributed by atoms with Gasteiger partial charge < -0.3 is 0 Å². The topological polar surface area (TPSA) is 8.81 Å². The van der Waals surface area contributed by atoms with Crippen molar-refractivity contribution in [1.82, 2.24) is 4.57 Å². The highest BCUT2D eigenvalue weighted by atomic mass is 15.2. The van der Waals surface area contributed by atoms with Gasteiger partial charge in [0.2, 0.25) is 0 Å². The van der Waals surface area contributed by atoms with E-state index in [9.17, 15) is 0 Å². The Morgan fingerprint density at radius 1 is 0.667 bits per heavy atom. The SMILES string of the molecule is CCCCCCCCCCCCCCCCCC(C)[n+]1ccn(CCC)c1C(C)C. The van der Waals surface area contributed by atoms with Gasteiger partial charge in [0.25, 0.3) is 5.82 Å². The standard InChI is InChI=1S/C28H55N2/c1-6-8-9-10-11-12-13-14-15-16-17-18-19-20-21-22-27(5)30-25-24-29(23-7-2)28(30)26(3)4/h24-27H,6-23H2,1-5H3/q+1. The predicted molar refractivity (Wildman–Crippen MR) is 133 cm³/mol. The second-order valence-corrected chi connectivity index (χ2v) is 10.00. The second kappa shape index (κ2) is 17.8. The molecule has 0 radical (unpaired) electrons. The molecule has 1 atom stereocenters. The predicted octanol–water partition coefficient (Wildman–Crippen LogP) is 9.13. The van der Waals surface area contributed by atoms with E-state index < -0.39 is 0 Å². The molecule has 0 aliphatic carbocycles. The fraction of sp³-hybridized carbons (Fsp3) is 0.893. The van der Waals surface area contributed by atoms with E-state index in [2.05, 4.69) is 56.1 Å². The lowest BCUT2D eigenvalue weighted by atomic mass is 10.0. The maximum absolute atomic E-state index is 2.55. The Morgan fingerprint density at radius 2 is 1.13 bits per heavy atom. The van der Waals surface area contributed by atoms with Crippen LogP contribution in [0.2, 0.25) is 0 Å². The van der Waals surface area contributed by atoms with Gasteiger partial charge in [0.1, 0.15) is 12.4 Å². The molecule has 0 saturated carbocycles. The lowest BCUT2D eigenvalue weighted by Crippen LogP contribution is -2.41. The molecule has 1 heterocycles. The summed E-state index contributed by atoms with van der Waals surface area (Å²) in [4.78, 5) is 0. The van der Waals surface area contributed by atoms with Crippen molar-refractivity contribution in [3.63, 3.8) is 0 Å². The van der Waals surface area contributed by atoms with Crippen molar-refractivity contribution in [2.45, 2.75) is 162 Å². The first-order valence-corrected chi connectivity index (χ1v) is 13.7. The number of imidazole rings is 1. The van der Waals surface area contributed by atoms with Crippen molar-refractivity contribution in [2.24, 2.45) is 0 Å². The van der Waals surface area contributed by atoms with Gasteiger partial charge in [-0.3, -0.25) is 0 Å². The Morgan fingerprint density at radius 3 is 1.57 bits per heavy atom. The number of hydrogen-bond acceptors (Lipinski definition) is 0. The van der Waals surface area contributed by atoms with E-state index in [1.165, 1.54) is 115 Å². The molecule has 0 aliphatic rings. The highest BCUT2D eigenvalue weighted by Crippen LogP contribution is 2.18. The monoisotopic (exact) mass is 419 g/mol. The van der Waals surface area contributed by atoms with Crippen LogP contribution in [0.3, 0.4) is 0 Å².